The molecular weight excluding hydrogens is 288 g/mol. The summed E-state index contributed by atoms with van der Waals surface area (Å²) in [6, 6.07) is 14.8. The van der Waals surface area contributed by atoms with Crippen LogP contribution in [0.2, 0.25) is 0 Å². The van der Waals surface area contributed by atoms with Gasteiger partial charge in [0.2, 0.25) is 0 Å². The molecule has 0 aliphatic heterocycles. The number of aryl methyl sites for hydroxylation is 1. The monoisotopic (exact) mass is 304 g/mol. The molecular formula is C18H16N4O. The Hall–Kier alpha value is -3.08. The zero-order valence-corrected chi connectivity index (χ0v) is 12.9. The van der Waals surface area contributed by atoms with E-state index in [0.717, 1.165) is 17.1 Å². The molecule has 0 bridgehead atoms. The summed E-state index contributed by atoms with van der Waals surface area (Å²) in [5.74, 6) is 1.26. The highest BCUT2D eigenvalue weighted by atomic mass is 16.1. The molecule has 1 aromatic carbocycles. The SMILES string of the molecule is CC(=O)c1cccc(Nc2cc(C)nc(-c3ccccn3)n2)c1. The summed E-state index contributed by atoms with van der Waals surface area (Å²) in [6.07, 6.45) is 1.71. The fourth-order valence-electron chi connectivity index (χ4n) is 2.21. The van der Waals surface area contributed by atoms with Gasteiger partial charge in [0.1, 0.15) is 11.5 Å². The molecule has 2 aromatic heterocycles. The number of rotatable bonds is 4. The lowest BCUT2D eigenvalue weighted by Gasteiger charge is -2.09. The van der Waals surface area contributed by atoms with E-state index >= 15 is 0 Å². The zero-order valence-electron chi connectivity index (χ0n) is 12.9. The lowest BCUT2D eigenvalue weighted by atomic mass is 10.1. The quantitative estimate of drug-likeness (QED) is 0.743. The summed E-state index contributed by atoms with van der Waals surface area (Å²) in [5.41, 5.74) is 3.02. The molecule has 23 heavy (non-hydrogen) atoms. The van der Waals surface area contributed by atoms with Crippen LogP contribution < -0.4 is 5.32 Å². The van der Waals surface area contributed by atoms with Crippen LogP contribution in [-0.4, -0.2) is 20.7 Å². The van der Waals surface area contributed by atoms with Gasteiger partial charge in [-0.05, 0) is 38.1 Å². The minimum Gasteiger partial charge on any atom is -0.340 e. The van der Waals surface area contributed by atoms with E-state index in [0.29, 0.717) is 17.2 Å². The van der Waals surface area contributed by atoms with Crippen molar-refractivity contribution in [2.24, 2.45) is 0 Å². The molecule has 5 nitrogen and oxygen atoms in total. The van der Waals surface area contributed by atoms with Gasteiger partial charge in [-0.25, -0.2) is 9.97 Å². The van der Waals surface area contributed by atoms with Crippen LogP contribution in [0.25, 0.3) is 11.5 Å². The van der Waals surface area contributed by atoms with Crippen molar-refractivity contribution in [2.75, 3.05) is 5.32 Å². The fraction of sp³-hybridized carbons (Fsp3) is 0.111. The Labute approximate surface area is 134 Å². The van der Waals surface area contributed by atoms with Crippen molar-refractivity contribution < 1.29 is 4.79 Å². The smallest absolute Gasteiger partial charge is 0.180 e. The third kappa shape index (κ3) is 3.58. The molecule has 0 amide bonds. The van der Waals surface area contributed by atoms with Crippen LogP contribution in [0, 0.1) is 6.92 Å². The van der Waals surface area contributed by atoms with Gasteiger partial charge in [-0.2, -0.15) is 0 Å². The lowest BCUT2D eigenvalue weighted by molar-refractivity contribution is 0.101. The van der Waals surface area contributed by atoms with Crippen molar-refractivity contribution in [3.05, 3.63) is 66.0 Å². The molecule has 114 valence electrons. The van der Waals surface area contributed by atoms with Gasteiger partial charge in [0.05, 0.1) is 0 Å². The summed E-state index contributed by atoms with van der Waals surface area (Å²) < 4.78 is 0. The summed E-state index contributed by atoms with van der Waals surface area (Å²) in [5, 5.41) is 3.22. The molecule has 2 heterocycles. The summed E-state index contributed by atoms with van der Waals surface area (Å²) in [6.45, 7) is 3.46. The number of nitrogens with one attached hydrogen (secondary N) is 1. The number of nitrogens with zero attached hydrogens (tertiary/aromatic N) is 3. The molecule has 0 spiro atoms. The number of hydrogen-bond acceptors (Lipinski definition) is 5. The number of carbonyl (C=O) groups is 1. The Balaban J connectivity index is 1.93. The number of ketones is 1. The Morgan fingerprint density at radius 1 is 1.04 bits per heavy atom. The van der Waals surface area contributed by atoms with Crippen molar-refractivity contribution in [1.29, 1.82) is 0 Å². The highest BCUT2D eigenvalue weighted by Gasteiger charge is 2.07. The lowest BCUT2D eigenvalue weighted by Crippen LogP contribution is -2.01. The maximum absolute atomic E-state index is 11.5. The highest BCUT2D eigenvalue weighted by Crippen LogP contribution is 2.20. The number of benzene rings is 1. The third-order valence-corrected chi connectivity index (χ3v) is 3.29. The van der Waals surface area contributed by atoms with Gasteiger partial charge in [-0.1, -0.05) is 18.2 Å². The van der Waals surface area contributed by atoms with Gasteiger partial charge >= 0.3 is 0 Å². The van der Waals surface area contributed by atoms with Gasteiger partial charge in [0.15, 0.2) is 11.6 Å². The van der Waals surface area contributed by atoms with Crippen LogP contribution >= 0.6 is 0 Å². The largest absolute Gasteiger partial charge is 0.340 e. The minimum atomic E-state index is 0.0293. The summed E-state index contributed by atoms with van der Waals surface area (Å²) >= 11 is 0. The van der Waals surface area contributed by atoms with Crippen LogP contribution in [-0.2, 0) is 0 Å². The molecule has 0 saturated heterocycles. The Kier molecular flexibility index (Phi) is 4.10. The topological polar surface area (TPSA) is 67.8 Å². The number of aromatic nitrogens is 3. The standard InChI is InChI=1S/C18H16N4O/c1-12-10-17(21-15-7-5-6-14(11-15)13(2)23)22-18(20-12)16-8-3-4-9-19-16/h3-11H,1-2H3,(H,20,21,22). The van der Waals surface area contributed by atoms with E-state index in [9.17, 15) is 4.79 Å². The maximum atomic E-state index is 11.5. The molecule has 1 N–H and O–H groups in total. The van der Waals surface area contributed by atoms with Gasteiger partial charge in [-0.3, -0.25) is 9.78 Å². The first-order chi connectivity index (χ1) is 11.1. The Morgan fingerprint density at radius 3 is 2.65 bits per heavy atom. The van der Waals surface area contributed by atoms with Crippen LogP contribution in [0.3, 0.4) is 0 Å². The number of hydrogen-bond donors (Lipinski definition) is 1. The van der Waals surface area contributed by atoms with E-state index in [-0.39, 0.29) is 5.78 Å². The molecule has 3 rings (SSSR count). The average molecular weight is 304 g/mol. The van der Waals surface area contributed by atoms with E-state index in [1.807, 2.05) is 43.3 Å². The van der Waals surface area contributed by atoms with E-state index in [2.05, 4.69) is 20.3 Å². The van der Waals surface area contributed by atoms with Gasteiger partial charge < -0.3 is 5.32 Å². The highest BCUT2D eigenvalue weighted by molar-refractivity contribution is 5.95. The number of anilines is 2. The van der Waals surface area contributed by atoms with Crippen molar-refractivity contribution in [3.63, 3.8) is 0 Å². The first kappa shape index (κ1) is 14.8. The second-order valence-electron chi connectivity index (χ2n) is 5.20. The van der Waals surface area contributed by atoms with E-state index in [4.69, 9.17) is 0 Å². The third-order valence-electron chi connectivity index (χ3n) is 3.29. The Morgan fingerprint density at radius 2 is 1.91 bits per heavy atom. The summed E-state index contributed by atoms with van der Waals surface area (Å²) in [7, 11) is 0. The van der Waals surface area contributed by atoms with Crippen LogP contribution in [0.4, 0.5) is 11.5 Å². The molecule has 3 aromatic rings. The first-order valence-electron chi connectivity index (χ1n) is 7.27. The van der Waals surface area contributed by atoms with Crippen molar-refractivity contribution in [2.45, 2.75) is 13.8 Å². The predicted molar refractivity (Wildman–Crippen MR) is 89.7 cm³/mol. The van der Waals surface area contributed by atoms with Gasteiger partial charge in [0.25, 0.3) is 0 Å². The summed E-state index contributed by atoms with van der Waals surface area (Å²) in [4.78, 5) is 24.7. The van der Waals surface area contributed by atoms with Crippen LogP contribution in [0.1, 0.15) is 23.0 Å². The second-order valence-corrected chi connectivity index (χ2v) is 5.20. The van der Waals surface area contributed by atoms with E-state index in [1.54, 1.807) is 25.3 Å². The zero-order chi connectivity index (χ0) is 16.2. The van der Waals surface area contributed by atoms with Crippen molar-refractivity contribution >= 4 is 17.3 Å². The molecule has 0 fully saturated rings. The van der Waals surface area contributed by atoms with Crippen molar-refractivity contribution in [1.82, 2.24) is 15.0 Å². The van der Waals surface area contributed by atoms with E-state index in [1.165, 1.54) is 0 Å². The molecule has 0 radical (unpaired) electrons. The predicted octanol–water partition coefficient (Wildman–Crippen LogP) is 3.79. The van der Waals surface area contributed by atoms with Gasteiger partial charge in [0, 0.05) is 29.2 Å². The molecule has 0 atom stereocenters. The minimum absolute atomic E-state index is 0.0293. The number of Topliss-reactive ketones (excluding diaryl/α,β-unsaturated/α-hetero) is 1. The fourth-order valence-corrected chi connectivity index (χ4v) is 2.21. The van der Waals surface area contributed by atoms with Crippen LogP contribution in [0.15, 0.2) is 54.7 Å². The normalized spacial score (nSPS) is 10.3. The first-order valence-corrected chi connectivity index (χ1v) is 7.27. The average Bonchev–Trinajstić information content (AvgIpc) is 2.55. The molecule has 5 heteroatoms. The second kappa shape index (κ2) is 6.36. The Bertz CT molecular complexity index is 847. The molecule has 0 saturated carbocycles. The molecule has 0 unspecified atom stereocenters. The molecule has 0 aliphatic rings. The van der Waals surface area contributed by atoms with Gasteiger partial charge in [-0.15, -0.1) is 0 Å². The van der Waals surface area contributed by atoms with Crippen LogP contribution in [0.5, 0.6) is 0 Å². The van der Waals surface area contributed by atoms with Crippen molar-refractivity contribution in [3.8, 4) is 11.5 Å². The molecule has 0 aliphatic carbocycles. The maximum Gasteiger partial charge on any atom is 0.180 e. The number of carbonyl (C=O) groups excluding carboxylic acids is 1. The number of pyridine rings is 1. The van der Waals surface area contributed by atoms with E-state index < -0.39 is 0 Å².